The molecule has 3 heterocycles. The monoisotopic (exact) mass is 440 g/mol. The number of aromatic amines is 1. The van der Waals surface area contributed by atoms with Crippen molar-refractivity contribution >= 4 is 27.8 Å². The number of hydrogen-bond acceptors (Lipinski definition) is 5. The fourth-order valence-electron chi connectivity index (χ4n) is 5.70. The van der Waals surface area contributed by atoms with Gasteiger partial charge in [-0.25, -0.2) is 9.97 Å². The van der Waals surface area contributed by atoms with E-state index in [1.54, 1.807) is 6.33 Å². The number of aliphatic hydroxyl groups is 1. The van der Waals surface area contributed by atoms with Crippen LogP contribution in [0.4, 0.5) is 5.69 Å². The predicted octanol–water partition coefficient (Wildman–Crippen LogP) is 4.92. The van der Waals surface area contributed by atoms with Gasteiger partial charge in [-0.1, -0.05) is 25.3 Å². The predicted molar refractivity (Wildman–Crippen MR) is 129 cm³/mol. The highest BCUT2D eigenvalue weighted by Gasteiger charge is 2.24. The molecular formula is C26H28N6O. The minimum absolute atomic E-state index is 0.369. The van der Waals surface area contributed by atoms with Gasteiger partial charge in [0.2, 0.25) is 0 Å². The van der Waals surface area contributed by atoms with Gasteiger partial charge >= 0.3 is 0 Å². The topological polar surface area (TPSA) is 93.8 Å². The van der Waals surface area contributed by atoms with E-state index in [1.807, 2.05) is 6.33 Å². The van der Waals surface area contributed by atoms with Crippen LogP contribution in [0.25, 0.3) is 33.2 Å². The normalized spacial score (nSPS) is 19.9. The van der Waals surface area contributed by atoms with Crippen LogP contribution in [0, 0.1) is 11.3 Å². The van der Waals surface area contributed by atoms with Crippen molar-refractivity contribution in [3.63, 3.8) is 0 Å². The third kappa shape index (κ3) is 3.46. The molecule has 2 fully saturated rings. The molecule has 1 aliphatic carbocycles. The molecule has 2 N–H and O–H groups in total. The van der Waals surface area contributed by atoms with Crippen LogP contribution in [0.15, 0.2) is 36.9 Å². The second kappa shape index (κ2) is 8.20. The van der Waals surface area contributed by atoms with E-state index >= 15 is 0 Å². The van der Waals surface area contributed by atoms with Crippen molar-refractivity contribution in [2.24, 2.45) is 0 Å². The number of nitrogens with one attached hydrogen (secondary N) is 1. The Balaban J connectivity index is 1.47. The number of nitrogens with zero attached hydrogens (tertiary/aromatic N) is 5. The van der Waals surface area contributed by atoms with Crippen LogP contribution in [0.5, 0.6) is 0 Å². The van der Waals surface area contributed by atoms with Crippen LogP contribution in [0.3, 0.4) is 0 Å². The lowest BCUT2D eigenvalue weighted by Crippen LogP contribution is -2.38. The summed E-state index contributed by atoms with van der Waals surface area (Å²) >= 11 is 0. The number of benzene rings is 2. The van der Waals surface area contributed by atoms with Crippen molar-refractivity contribution in [3.05, 3.63) is 42.5 Å². The second-order valence-corrected chi connectivity index (χ2v) is 9.45. The number of imidazole rings is 2. The van der Waals surface area contributed by atoms with Gasteiger partial charge < -0.3 is 19.6 Å². The van der Waals surface area contributed by atoms with Crippen molar-refractivity contribution in [2.75, 3.05) is 18.0 Å². The summed E-state index contributed by atoms with van der Waals surface area (Å²) in [4.78, 5) is 14.6. The minimum atomic E-state index is -0.369. The first-order chi connectivity index (χ1) is 16.2. The molecule has 1 unspecified atom stereocenters. The van der Waals surface area contributed by atoms with E-state index in [-0.39, 0.29) is 6.10 Å². The van der Waals surface area contributed by atoms with Crippen molar-refractivity contribution in [1.82, 2.24) is 19.5 Å². The third-order valence-electron chi connectivity index (χ3n) is 7.38. The Hall–Kier alpha value is -3.37. The number of rotatable bonds is 3. The summed E-state index contributed by atoms with van der Waals surface area (Å²) in [6.07, 6.45) is 11.4. The molecule has 0 spiro atoms. The zero-order valence-corrected chi connectivity index (χ0v) is 18.7. The van der Waals surface area contributed by atoms with Gasteiger partial charge in [0, 0.05) is 24.7 Å². The number of hydrogen-bond donors (Lipinski definition) is 2. The van der Waals surface area contributed by atoms with Crippen LogP contribution in [0.1, 0.15) is 56.6 Å². The average Bonchev–Trinajstić information content (AvgIpc) is 3.51. The second-order valence-electron chi connectivity index (χ2n) is 9.45. The van der Waals surface area contributed by atoms with Crippen LogP contribution < -0.4 is 4.90 Å². The Morgan fingerprint density at radius 2 is 1.94 bits per heavy atom. The highest BCUT2D eigenvalue weighted by atomic mass is 16.3. The summed E-state index contributed by atoms with van der Waals surface area (Å²) in [5.41, 5.74) is 7.17. The van der Waals surface area contributed by atoms with E-state index < -0.39 is 0 Å². The highest BCUT2D eigenvalue weighted by molar-refractivity contribution is 6.00. The van der Waals surface area contributed by atoms with Gasteiger partial charge in [0.25, 0.3) is 0 Å². The lowest BCUT2D eigenvalue weighted by atomic mass is 9.95. The van der Waals surface area contributed by atoms with Gasteiger partial charge in [0.15, 0.2) is 0 Å². The Labute approximate surface area is 192 Å². The molecule has 4 aromatic rings. The molecule has 1 aliphatic heterocycles. The summed E-state index contributed by atoms with van der Waals surface area (Å²) in [6.45, 7) is 1.37. The fraction of sp³-hybridized carbons (Fsp3) is 0.423. The van der Waals surface area contributed by atoms with Crippen LogP contribution >= 0.6 is 0 Å². The molecule has 7 heteroatoms. The van der Waals surface area contributed by atoms with Crippen LogP contribution in [-0.2, 0) is 0 Å². The number of β-amino-alcohol motifs (C(OH)–C–C–N with tert-alkyl or cyclic N) is 1. The summed E-state index contributed by atoms with van der Waals surface area (Å²) in [5, 5.41) is 20.2. The van der Waals surface area contributed by atoms with E-state index in [4.69, 9.17) is 4.98 Å². The Kier molecular flexibility index (Phi) is 5.03. The number of piperidine rings is 1. The summed E-state index contributed by atoms with van der Waals surface area (Å²) in [7, 11) is 0. The molecule has 1 saturated carbocycles. The molecule has 7 nitrogen and oxygen atoms in total. The van der Waals surface area contributed by atoms with Gasteiger partial charge in [-0.2, -0.15) is 5.26 Å². The van der Waals surface area contributed by atoms with Gasteiger partial charge in [-0.05, 0) is 49.4 Å². The van der Waals surface area contributed by atoms with E-state index in [9.17, 15) is 10.4 Å². The number of aromatic nitrogens is 4. The average molecular weight is 441 g/mol. The largest absolute Gasteiger partial charge is 0.391 e. The summed E-state index contributed by atoms with van der Waals surface area (Å²) in [6, 6.07) is 11.4. The molecule has 6 rings (SSSR count). The number of fused-ring (bicyclic) bond motifs is 2. The number of H-pyrrole nitrogens is 1. The molecule has 0 bridgehead atoms. The smallest absolute Gasteiger partial charge is 0.104 e. The van der Waals surface area contributed by atoms with Crippen molar-refractivity contribution in [2.45, 2.75) is 57.1 Å². The van der Waals surface area contributed by atoms with Gasteiger partial charge in [-0.3, -0.25) is 0 Å². The Morgan fingerprint density at radius 3 is 2.76 bits per heavy atom. The van der Waals surface area contributed by atoms with E-state index in [2.05, 4.69) is 49.8 Å². The lowest BCUT2D eigenvalue weighted by Gasteiger charge is -2.33. The van der Waals surface area contributed by atoms with Gasteiger partial charge in [0.1, 0.15) is 11.6 Å². The molecule has 0 radical (unpaired) electrons. The molecule has 2 aliphatic rings. The summed E-state index contributed by atoms with van der Waals surface area (Å²) in [5.74, 6) is 0. The first-order valence-electron chi connectivity index (χ1n) is 12.0. The third-order valence-corrected chi connectivity index (χ3v) is 7.38. The number of aliphatic hydroxyl groups excluding tert-OH is 1. The van der Waals surface area contributed by atoms with E-state index in [0.717, 1.165) is 52.8 Å². The minimum Gasteiger partial charge on any atom is -0.391 e. The maximum atomic E-state index is 10.2. The summed E-state index contributed by atoms with van der Waals surface area (Å²) < 4.78 is 2.35. The van der Waals surface area contributed by atoms with Crippen LogP contribution in [-0.4, -0.2) is 43.8 Å². The molecule has 0 amide bonds. The first-order valence-corrected chi connectivity index (χ1v) is 12.0. The SMILES string of the molecule is N#Cc1c(N2CCCC(O)C2)cc(-c2ccc3c(c2)ncn3C2CCCCC2)c2nc[nH]c12. The lowest BCUT2D eigenvalue weighted by molar-refractivity contribution is 0.154. The van der Waals surface area contributed by atoms with Crippen molar-refractivity contribution < 1.29 is 5.11 Å². The fourth-order valence-corrected chi connectivity index (χ4v) is 5.70. The molecule has 1 atom stereocenters. The Morgan fingerprint density at radius 1 is 1.06 bits per heavy atom. The molecular weight excluding hydrogens is 412 g/mol. The number of nitriles is 1. The molecule has 1 saturated heterocycles. The van der Waals surface area contributed by atoms with E-state index in [0.29, 0.717) is 18.2 Å². The zero-order valence-electron chi connectivity index (χ0n) is 18.7. The van der Waals surface area contributed by atoms with Crippen molar-refractivity contribution in [1.29, 1.82) is 5.26 Å². The molecule has 2 aromatic heterocycles. The first kappa shape index (κ1) is 20.3. The Bertz CT molecular complexity index is 1360. The number of anilines is 1. The van der Waals surface area contributed by atoms with Crippen LogP contribution in [0.2, 0.25) is 0 Å². The van der Waals surface area contributed by atoms with Gasteiger partial charge in [-0.15, -0.1) is 0 Å². The van der Waals surface area contributed by atoms with Crippen molar-refractivity contribution in [3.8, 4) is 17.2 Å². The quantitative estimate of drug-likeness (QED) is 0.472. The maximum Gasteiger partial charge on any atom is 0.104 e. The highest BCUT2D eigenvalue weighted by Crippen LogP contribution is 2.38. The molecule has 33 heavy (non-hydrogen) atoms. The zero-order chi connectivity index (χ0) is 22.4. The molecule has 168 valence electrons. The molecule has 2 aromatic carbocycles. The van der Waals surface area contributed by atoms with Gasteiger partial charge in [0.05, 0.1) is 46.5 Å². The van der Waals surface area contributed by atoms with E-state index in [1.165, 1.54) is 37.6 Å². The maximum absolute atomic E-state index is 10.2. The standard InChI is InChI=1S/C26H28N6O/c27-13-21-24(31-10-4-7-19(33)14-31)12-20(25-26(21)29-15-28-25)17-8-9-23-22(11-17)30-16-32(23)18-5-2-1-3-6-18/h8-9,11-12,15-16,18-19,33H,1-7,10,14H2,(H,28,29).